The normalized spacial score (nSPS) is 15.2. The quantitative estimate of drug-likeness (QED) is 0.774. The molecule has 2 aliphatic heterocycles. The summed E-state index contributed by atoms with van der Waals surface area (Å²) < 4.78 is 10.5. The summed E-state index contributed by atoms with van der Waals surface area (Å²) in [6.07, 6.45) is 1.56. The van der Waals surface area contributed by atoms with Gasteiger partial charge in [-0.2, -0.15) is 0 Å². The number of hydrogen-bond donors (Lipinski definition) is 3. The van der Waals surface area contributed by atoms with E-state index in [1.54, 1.807) is 18.2 Å². The summed E-state index contributed by atoms with van der Waals surface area (Å²) in [5, 5.41) is 8.57. The van der Waals surface area contributed by atoms with Crippen LogP contribution in [0.4, 0.5) is 15.6 Å². The lowest BCUT2D eigenvalue weighted by molar-refractivity contribution is 0.0960. The number of aryl methyl sites for hydroxylation is 1. The van der Waals surface area contributed by atoms with Gasteiger partial charge < -0.3 is 20.1 Å². The molecule has 0 saturated carbocycles. The highest BCUT2D eigenvalue weighted by Gasteiger charge is 2.21. The predicted octanol–water partition coefficient (Wildman–Crippen LogP) is 2.19. The van der Waals surface area contributed by atoms with E-state index in [0.29, 0.717) is 33.7 Å². The average molecular weight is 346 g/mol. The highest BCUT2D eigenvalue weighted by atomic mass is 32.1. The van der Waals surface area contributed by atoms with Crippen LogP contribution in [0.2, 0.25) is 0 Å². The van der Waals surface area contributed by atoms with Crippen molar-refractivity contribution in [3.63, 3.8) is 0 Å². The van der Waals surface area contributed by atoms with Gasteiger partial charge in [0.15, 0.2) is 16.6 Å². The van der Waals surface area contributed by atoms with Crippen LogP contribution >= 0.6 is 11.3 Å². The first-order valence-corrected chi connectivity index (χ1v) is 8.26. The number of urea groups is 1. The SMILES string of the molecule is O=C(Nc1ccc2c(c1)OCO2)Nc1nc2c(s1)C(=O)NCCC2. The number of carbonyl (C=O) groups is 2. The maximum absolute atomic E-state index is 12.1. The minimum absolute atomic E-state index is 0.135. The van der Waals surface area contributed by atoms with Crippen LogP contribution in [-0.4, -0.2) is 30.3 Å². The molecule has 1 aromatic carbocycles. The Hall–Kier alpha value is -2.81. The lowest BCUT2D eigenvalue weighted by Crippen LogP contribution is -2.21. The zero-order chi connectivity index (χ0) is 16.5. The molecule has 0 aliphatic carbocycles. The van der Waals surface area contributed by atoms with E-state index in [-0.39, 0.29) is 12.7 Å². The summed E-state index contributed by atoms with van der Waals surface area (Å²) in [6.45, 7) is 0.826. The predicted molar refractivity (Wildman–Crippen MR) is 88.0 cm³/mol. The van der Waals surface area contributed by atoms with E-state index in [0.717, 1.165) is 18.5 Å². The van der Waals surface area contributed by atoms with Crippen molar-refractivity contribution < 1.29 is 19.1 Å². The minimum atomic E-state index is -0.432. The van der Waals surface area contributed by atoms with E-state index >= 15 is 0 Å². The number of nitrogens with zero attached hydrogens (tertiary/aromatic N) is 1. The van der Waals surface area contributed by atoms with Gasteiger partial charge in [-0.05, 0) is 25.0 Å². The molecule has 3 amide bonds. The van der Waals surface area contributed by atoms with E-state index in [2.05, 4.69) is 20.9 Å². The number of ether oxygens (including phenoxy) is 2. The van der Waals surface area contributed by atoms with Crippen LogP contribution in [0.5, 0.6) is 11.5 Å². The van der Waals surface area contributed by atoms with E-state index in [4.69, 9.17) is 9.47 Å². The fraction of sp³-hybridized carbons (Fsp3) is 0.267. The van der Waals surface area contributed by atoms with E-state index in [1.807, 2.05) is 0 Å². The molecule has 0 bridgehead atoms. The molecule has 3 N–H and O–H groups in total. The number of rotatable bonds is 2. The van der Waals surface area contributed by atoms with Gasteiger partial charge in [0.2, 0.25) is 6.79 Å². The monoisotopic (exact) mass is 346 g/mol. The Labute approximate surface area is 141 Å². The molecule has 2 aliphatic rings. The van der Waals surface area contributed by atoms with Gasteiger partial charge in [0, 0.05) is 18.3 Å². The number of anilines is 2. The van der Waals surface area contributed by atoms with Crippen molar-refractivity contribution in [1.82, 2.24) is 10.3 Å². The van der Waals surface area contributed by atoms with Gasteiger partial charge in [-0.1, -0.05) is 11.3 Å². The standard InChI is InChI=1S/C15H14N4O4S/c20-13-12-9(2-1-5-16-13)18-15(24-12)19-14(21)17-8-3-4-10-11(6-8)23-7-22-10/h3-4,6H,1-2,5,7H2,(H,16,20)(H2,17,18,19,21). The Morgan fingerprint density at radius 3 is 3.04 bits per heavy atom. The Kier molecular flexibility index (Phi) is 3.69. The zero-order valence-corrected chi connectivity index (χ0v) is 13.4. The van der Waals surface area contributed by atoms with Gasteiger partial charge in [0.25, 0.3) is 5.91 Å². The molecular formula is C15H14N4O4S. The molecule has 24 heavy (non-hydrogen) atoms. The number of nitrogens with one attached hydrogen (secondary N) is 3. The lowest BCUT2D eigenvalue weighted by Gasteiger charge is -2.06. The van der Waals surface area contributed by atoms with Crippen LogP contribution in [0, 0.1) is 0 Å². The van der Waals surface area contributed by atoms with Crippen LogP contribution < -0.4 is 25.4 Å². The number of amides is 3. The molecule has 3 heterocycles. The third-order valence-electron chi connectivity index (χ3n) is 3.63. The molecule has 0 atom stereocenters. The largest absolute Gasteiger partial charge is 0.454 e. The average Bonchev–Trinajstić information content (AvgIpc) is 3.14. The number of carbonyl (C=O) groups excluding carboxylic acids is 2. The van der Waals surface area contributed by atoms with Crippen molar-refractivity contribution in [2.75, 3.05) is 24.0 Å². The topological polar surface area (TPSA) is 102 Å². The van der Waals surface area contributed by atoms with Crippen LogP contribution in [0.15, 0.2) is 18.2 Å². The van der Waals surface area contributed by atoms with E-state index < -0.39 is 6.03 Å². The van der Waals surface area contributed by atoms with Gasteiger partial charge in [-0.25, -0.2) is 9.78 Å². The highest BCUT2D eigenvalue weighted by molar-refractivity contribution is 7.17. The Bertz CT molecular complexity index is 820. The summed E-state index contributed by atoms with van der Waals surface area (Å²) in [5.74, 6) is 1.10. The first kappa shape index (κ1) is 14.8. The lowest BCUT2D eigenvalue weighted by atomic mass is 10.2. The molecule has 8 nitrogen and oxygen atoms in total. The van der Waals surface area contributed by atoms with Gasteiger partial charge in [0.05, 0.1) is 5.69 Å². The van der Waals surface area contributed by atoms with Gasteiger partial charge in [-0.15, -0.1) is 0 Å². The zero-order valence-electron chi connectivity index (χ0n) is 12.5. The molecule has 0 fully saturated rings. The van der Waals surface area contributed by atoms with Gasteiger partial charge in [-0.3, -0.25) is 10.1 Å². The first-order valence-electron chi connectivity index (χ1n) is 7.44. The second kappa shape index (κ2) is 6.00. The summed E-state index contributed by atoms with van der Waals surface area (Å²) >= 11 is 1.18. The third-order valence-corrected chi connectivity index (χ3v) is 4.64. The number of aromatic nitrogens is 1. The van der Waals surface area contributed by atoms with Crippen LogP contribution in [0.25, 0.3) is 0 Å². The molecule has 4 rings (SSSR count). The number of hydrogen-bond acceptors (Lipinski definition) is 6. The number of thiazole rings is 1. The van der Waals surface area contributed by atoms with Crippen molar-refractivity contribution in [2.24, 2.45) is 0 Å². The molecule has 0 spiro atoms. The molecule has 0 unspecified atom stereocenters. The summed E-state index contributed by atoms with van der Waals surface area (Å²) in [7, 11) is 0. The van der Waals surface area contributed by atoms with Crippen molar-refractivity contribution in [3.8, 4) is 11.5 Å². The summed E-state index contributed by atoms with van der Waals surface area (Å²) in [5.41, 5.74) is 1.31. The second-order valence-electron chi connectivity index (χ2n) is 5.30. The molecule has 9 heteroatoms. The van der Waals surface area contributed by atoms with Crippen LogP contribution in [0.1, 0.15) is 21.8 Å². The summed E-state index contributed by atoms with van der Waals surface area (Å²) in [4.78, 5) is 28.9. The minimum Gasteiger partial charge on any atom is -0.454 e. The Balaban J connectivity index is 1.45. The fourth-order valence-electron chi connectivity index (χ4n) is 2.52. The number of fused-ring (bicyclic) bond motifs is 2. The van der Waals surface area contributed by atoms with E-state index in [1.165, 1.54) is 11.3 Å². The van der Waals surface area contributed by atoms with Crippen molar-refractivity contribution in [2.45, 2.75) is 12.8 Å². The molecule has 124 valence electrons. The Morgan fingerprint density at radius 1 is 1.25 bits per heavy atom. The van der Waals surface area contributed by atoms with Crippen molar-refractivity contribution in [3.05, 3.63) is 28.8 Å². The Morgan fingerprint density at radius 2 is 2.12 bits per heavy atom. The molecule has 0 radical (unpaired) electrons. The third kappa shape index (κ3) is 2.85. The molecular weight excluding hydrogens is 332 g/mol. The first-order chi connectivity index (χ1) is 11.7. The molecule has 2 aromatic rings. The van der Waals surface area contributed by atoms with Gasteiger partial charge in [0.1, 0.15) is 4.88 Å². The van der Waals surface area contributed by atoms with Crippen LogP contribution in [0.3, 0.4) is 0 Å². The fourth-order valence-corrected chi connectivity index (χ4v) is 3.45. The second-order valence-corrected chi connectivity index (χ2v) is 6.30. The van der Waals surface area contributed by atoms with Crippen LogP contribution in [-0.2, 0) is 6.42 Å². The molecule has 1 aromatic heterocycles. The van der Waals surface area contributed by atoms with Gasteiger partial charge >= 0.3 is 6.03 Å². The molecule has 0 saturated heterocycles. The van der Waals surface area contributed by atoms with Crippen molar-refractivity contribution in [1.29, 1.82) is 0 Å². The van der Waals surface area contributed by atoms with E-state index in [9.17, 15) is 9.59 Å². The number of benzene rings is 1. The van der Waals surface area contributed by atoms with Crippen molar-refractivity contribution >= 4 is 34.1 Å². The highest BCUT2D eigenvalue weighted by Crippen LogP contribution is 2.34. The summed E-state index contributed by atoms with van der Waals surface area (Å²) in [6, 6.07) is 4.70. The maximum Gasteiger partial charge on any atom is 0.325 e. The smallest absolute Gasteiger partial charge is 0.325 e. The maximum atomic E-state index is 12.1.